The summed E-state index contributed by atoms with van der Waals surface area (Å²) >= 11 is 1.62. The molecule has 0 unspecified atom stereocenters. The topological polar surface area (TPSA) is 46.6 Å². The summed E-state index contributed by atoms with van der Waals surface area (Å²) in [7, 11) is 0. The highest BCUT2D eigenvalue weighted by Crippen LogP contribution is 2.47. The minimum Gasteiger partial charge on any atom is -0.452 e. The molecular formula is C22H17NO3S. The SMILES string of the molecule is Cc1ccc(C(=O)OCC(=O)N2c3ccccc3Sc3ccccc32)cc1. The molecule has 0 aliphatic carbocycles. The fourth-order valence-corrected chi connectivity index (χ4v) is 4.00. The Hall–Kier alpha value is -3.05. The van der Waals surface area contributed by atoms with E-state index in [1.165, 1.54) is 0 Å². The fraction of sp³-hybridized carbons (Fsp3) is 0.0909. The lowest BCUT2D eigenvalue weighted by Crippen LogP contribution is -2.32. The van der Waals surface area contributed by atoms with Gasteiger partial charge in [-0.3, -0.25) is 9.69 Å². The maximum Gasteiger partial charge on any atom is 0.338 e. The van der Waals surface area contributed by atoms with Crippen molar-refractivity contribution in [2.24, 2.45) is 0 Å². The lowest BCUT2D eigenvalue weighted by Gasteiger charge is -2.30. The van der Waals surface area contributed by atoms with Crippen molar-refractivity contribution in [3.05, 3.63) is 83.9 Å². The third-order valence-corrected chi connectivity index (χ3v) is 5.43. The number of hydrogen-bond donors (Lipinski definition) is 0. The van der Waals surface area contributed by atoms with Crippen molar-refractivity contribution in [2.75, 3.05) is 11.5 Å². The molecule has 0 saturated carbocycles. The average Bonchev–Trinajstić information content (AvgIpc) is 2.70. The molecule has 0 N–H and O–H groups in total. The van der Waals surface area contributed by atoms with Crippen molar-refractivity contribution in [3.8, 4) is 0 Å². The fourth-order valence-electron chi connectivity index (χ4n) is 2.94. The molecule has 3 aromatic rings. The van der Waals surface area contributed by atoms with Gasteiger partial charge in [0.15, 0.2) is 6.61 Å². The van der Waals surface area contributed by atoms with Crippen molar-refractivity contribution < 1.29 is 14.3 Å². The third-order valence-electron chi connectivity index (χ3n) is 4.30. The number of aryl methyl sites for hydroxylation is 1. The molecule has 0 spiro atoms. The average molecular weight is 375 g/mol. The van der Waals surface area contributed by atoms with Crippen LogP contribution in [0.4, 0.5) is 11.4 Å². The summed E-state index contributed by atoms with van der Waals surface area (Å²) in [4.78, 5) is 28.8. The van der Waals surface area contributed by atoms with Crippen LogP contribution in [0.25, 0.3) is 0 Å². The first-order chi connectivity index (χ1) is 13.1. The van der Waals surface area contributed by atoms with Gasteiger partial charge in [0.2, 0.25) is 0 Å². The number of carbonyl (C=O) groups excluding carboxylic acids is 2. The van der Waals surface area contributed by atoms with Gasteiger partial charge < -0.3 is 4.74 Å². The number of nitrogens with zero attached hydrogens (tertiary/aromatic N) is 1. The molecule has 27 heavy (non-hydrogen) atoms. The highest BCUT2D eigenvalue weighted by molar-refractivity contribution is 7.99. The van der Waals surface area contributed by atoms with E-state index in [2.05, 4.69) is 0 Å². The zero-order valence-corrected chi connectivity index (χ0v) is 15.5. The van der Waals surface area contributed by atoms with Crippen LogP contribution in [0, 0.1) is 6.92 Å². The molecule has 1 heterocycles. The summed E-state index contributed by atoms with van der Waals surface area (Å²) < 4.78 is 5.28. The lowest BCUT2D eigenvalue weighted by molar-refractivity contribution is -0.121. The number of benzene rings is 3. The van der Waals surface area contributed by atoms with E-state index in [-0.39, 0.29) is 12.5 Å². The van der Waals surface area contributed by atoms with E-state index >= 15 is 0 Å². The Morgan fingerprint density at radius 2 is 1.41 bits per heavy atom. The molecule has 134 valence electrons. The molecule has 4 rings (SSSR count). The van der Waals surface area contributed by atoms with Crippen molar-refractivity contribution >= 4 is 35.0 Å². The molecule has 3 aromatic carbocycles. The van der Waals surface area contributed by atoms with Crippen LogP contribution < -0.4 is 4.90 Å². The quantitative estimate of drug-likeness (QED) is 0.606. The predicted molar refractivity (Wildman–Crippen MR) is 106 cm³/mol. The van der Waals surface area contributed by atoms with Gasteiger partial charge in [-0.2, -0.15) is 0 Å². The van der Waals surface area contributed by atoms with E-state index in [0.717, 1.165) is 26.7 Å². The Bertz CT molecular complexity index is 969. The predicted octanol–water partition coefficient (Wildman–Crippen LogP) is 4.98. The van der Waals surface area contributed by atoms with Crippen LogP contribution in [0.3, 0.4) is 0 Å². The van der Waals surface area contributed by atoms with Crippen molar-refractivity contribution in [1.82, 2.24) is 0 Å². The van der Waals surface area contributed by atoms with E-state index in [1.54, 1.807) is 28.8 Å². The molecule has 4 nitrogen and oxygen atoms in total. The van der Waals surface area contributed by atoms with E-state index < -0.39 is 5.97 Å². The first-order valence-electron chi connectivity index (χ1n) is 8.56. The second-order valence-corrected chi connectivity index (χ2v) is 7.29. The number of amides is 1. The molecule has 0 atom stereocenters. The number of fused-ring (bicyclic) bond motifs is 2. The Morgan fingerprint density at radius 1 is 0.852 bits per heavy atom. The Labute approximate surface area is 161 Å². The number of ether oxygens (including phenoxy) is 1. The van der Waals surface area contributed by atoms with Crippen LogP contribution in [0.2, 0.25) is 0 Å². The molecule has 0 bridgehead atoms. The van der Waals surface area contributed by atoms with E-state index in [0.29, 0.717) is 5.56 Å². The summed E-state index contributed by atoms with van der Waals surface area (Å²) in [5.41, 5.74) is 3.10. The Kier molecular flexibility index (Phi) is 4.69. The van der Waals surface area contributed by atoms with Crippen LogP contribution in [0.1, 0.15) is 15.9 Å². The smallest absolute Gasteiger partial charge is 0.338 e. The van der Waals surface area contributed by atoms with Crippen LogP contribution in [0.5, 0.6) is 0 Å². The summed E-state index contributed by atoms with van der Waals surface area (Å²) in [6.07, 6.45) is 0. The number of para-hydroxylation sites is 2. The number of carbonyl (C=O) groups is 2. The molecular weight excluding hydrogens is 358 g/mol. The molecule has 5 heteroatoms. The summed E-state index contributed by atoms with van der Waals surface area (Å²) in [6, 6.07) is 22.5. The second-order valence-electron chi connectivity index (χ2n) is 6.21. The van der Waals surface area contributed by atoms with Crippen LogP contribution >= 0.6 is 11.8 Å². The van der Waals surface area contributed by atoms with Gasteiger partial charge in [0.1, 0.15) is 0 Å². The first kappa shape index (κ1) is 17.4. The number of esters is 1. The van der Waals surface area contributed by atoms with Gasteiger partial charge in [0.25, 0.3) is 5.91 Å². The van der Waals surface area contributed by atoms with E-state index in [1.807, 2.05) is 67.6 Å². The Balaban J connectivity index is 1.57. The van der Waals surface area contributed by atoms with Gasteiger partial charge in [-0.1, -0.05) is 53.7 Å². The summed E-state index contributed by atoms with van der Waals surface area (Å²) in [5, 5.41) is 0. The second kappa shape index (κ2) is 7.29. The van der Waals surface area contributed by atoms with Crippen molar-refractivity contribution in [1.29, 1.82) is 0 Å². The van der Waals surface area contributed by atoms with Gasteiger partial charge >= 0.3 is 5.97 Å². The summed E-state index contributed by atoms with van der Waals surface area (Å²) in [5.74, 6) is -0.785. The maximum atomic E-state index is 13.0. The van der Waals surface area contributed by atoms with Gasteiger partial charge in [-0.25, -0.2) is 4.79 Å². The molecule has 0 saturated heterocycles. The molecule has 0 aromatic heterocycles. The first-order valence-corrected chi connectivity index (χ1v) is 9.38. The minimum atomic E-state index is -0.503. The third kappa shape index (κ3) is 3.46. The lowest BCUT2D eigenvalue weighted by atomic mass is 10.1. The Morgan fingerprint density at radius 3 is 2.00 bits per heavy atom. The van der Waals surface area contributed by atoms with Gasteiger partial charge in [0.05, 0.1) is 16.9 Å². The van der Waals surface area contributed by atoms with Gasteiger partial charge in [-0.05, 0) is 43.3 Å². The van der Waals surface area contributed by atoms with Crippen molar-refractivity contribution in [2.45, 2.75) is 16.7 Å². The zero-order chi connectivity index (χ0) is 18.8. The van der Waals surface area contributed by atoms with Crippen LogP contribution in [-0.4, -0.2) is 18.5 Å². The molecule has 1 aliphatic rings. The molecule has 0 fully saturated rings. The van der Waals surface area contributed by atoms with Crippen LogP contribution in [-0.2, 0) is 9.53 Å². The van der Waals surface area contributed by atoms with Gasteiger partial charge in [0, 0.05) is 9.79 Å². The molecule has 1 amide bonds. The minimum absolute atomic E-state index is 0.282. The monoisotopic (exact) mass is 375 g/mol. The van der Waals surface area contributed by atoms with Gasteiger partial charge in [-0.15, -0.1) is 0 Å². The van der Waals surface area contributed by atoms with Crippen molar-refractivity contribution in [3.63, 3.8) is 0 Å². The molecule has 0 radical (unpaired) electrons. The van der Waals surface area contributed by atoms with E-state index in [9.17, 15) is 9.59 Å². The number of hydrogen-bond acceptors (Lipinski definition) is 4. The number of anilines is 2. The normalized spacial score (nSPS) is 12.1. The highest BCUT2D eigenvalue weighted by atomic mass is 32.2. The standard InChI is InChI=1S/C22H17NO3S/c1-15-10-12-16(13-11-15)22(25)26-14-21(24)23-17-6-2-4-8-19(17)27-20-9-5-3-7-18(20)23/h2-13H,14H2,1H3. The maximum absolute atomic E-state index is 13.0. The summed E-state index contributed by atoms with van der Waals surface area (Å²) in [6.45, 7) is 1.63. The van der Waals surface area contributed by atoms with Crippen LogP contribution in [0.15, 0.2) is 82.6 Å². The largest absolute Gasteiger partial charge is 0.452 e. The highest BCUT2D eigenvalue weighted by Gasteiger charge is 2.28. The van der Waals surface area contributed by atoms with E-state index in [4.69, 9.17) is 4.74 Å². The number of rotatable bonds is 3. The zero-order valence-electron chi connectivity index (χ0n) is 14.7. The molecule has 1 aliphatic heterocycles.